The maximum Gasteiger partial charge on any atom is 0.118 e. The second-order valence-electron chi connectivity index (χ2n) is 3.91. The quantitative estimate of drug-likeness (QED) is 0.899. The van der Waals surface area contributed by atoms with Crippen molar-refractivity contribution in [2.45, 2.75) is 19.4 Å². The molecule has 1 heterocycles. The molecule has 0 aliphatic rings. The molecule has 1 atom stereocenters. The van der Waals surface area contributed by atoms with Crippen LogP contribution in [0, 0.1) is 0 Å². The average Bonchev–Trinajstić information content (AvgIpc) is 2.87. The van der Waals surface area contributed by atoms with Crippen LogP contribution in [0.4, 0.5) is 0 Å². The van der Waals surface area contributed by atoms with E-state index in [1.54, 1.807) is 18.4 Å². The lowest BCUT2D eigenvalue weighted by molar-refractivity contribution is 0.414. The SMILES string of the molecule is CCc1ccc(C(N)c2ccc(OC)cc2)s1. The highest BCUT2D eigenvalue weighted by molar-refractivity contribution is 7.12. The first-order valence-corrected chi connectivity index (χ1v) is 6.54. The van der Waals surface area contributed by atoms with Crippen LogP contribution in [0.25, 0.3) is 0 Å². The van der Waals surface area contributed by atoms with Crippen molar-refractivity contribution in [2.75, 3.05) is 7.11 Å². The molecule has 2 rings (SSSR count). The van der Waals surface area contributed by atoms with Crippen LogP contribution in [0.15, 0.2) is 36.4 Å². The van der Waals surface area contributed by atoms with Gasteiger partial charge in [-0.15, -0.1) is 11.3 Å². The summed E-state index contributed by atoms with van der Waals surface area (Å²) < 4.78 is 5.14. The number of hydrogen-bond acceptors (Lipinski definition) is 3. The van der Waals surface area contributed by atoms with E-state index in [4.69, 9.17) is 10.5 Å². The first-order chi connectivity index (χ1) is 8.24. The van der Waals surface area contributed by atoms with Crippen LogP contribution in [0.1, 0.15) is 28.3 Å². The zero-order chi connectivity index (χ0) is 12.3. The maximum absolute atomic E-state index is 6.25. The van der Waals surface area contributed by atoms with Gasteiger partial charge in [-0.05, 0) is 36.2 Å². The van der Waals surface area contributed by atoms with Crippen molar-refractivity contribution in [3.63, 3.8) is 0 Å². The fourth-order valence-electron chi connectivity index (χ4n) is 1.73. The van der Waals surface area contributed by atoms with Gasteiger partial charge in [0.2, 0.25) is 0 Å². The Bertz CT molecular complexity index is 475. The summed E-state index contributed by atoms with van der Waals surface area (Å²) in [6.45, 7) is 2.16. The molecule has 17 heavy (non-hydrogen) atoms. The molecule has 3 heteroatoms. The number of methoxy groups -OCH3 is 1. The first kappa shape index (κ1) is 12.1. The lowest BCUT2D eigenvalue weighted by Gasteiger charge is -2.10. The van der Waals surface area contributed by atoms with Gasteiger partial charge in [0.05, 0.1) is 13.2 Å². The van der Waals surface area contributed by atoms with Gasteiger partial charge in [0.15, 0.2) is 0 Å². The second-order valence-corrected chi connectivity index (χ2v) is 5.11. The van der Waals surface area contributed by atoms with Gasteiger partial charge in [0.25, 0.3) is 0 Å². The third-order valence-electron chi connectivity index (χ3n) is 2.81. The van der Waals surface area contributed by atoms with Gasteiger partial charge in [-0.3, -0.25) is 0 Å². The molecule has 0 amide bonds. The number of benzene rings is 1. The van der Waals surface area contributed by atoms with Gasteiger partial charge in [-0.25, -0.2) is 0 Å². The predicted molar refractivity (Wildman–Crippen MR) is 72.7 cm³/mol. The number of hydrogen-bond donors (Lipinski definition) is 1. The van der Waals surface area contributed by atoms with Crippen molar-refractivity contribution in [1.29, 1.82) is 0 Å². The summed E-state index contributed by atoms with van der Waals surface area (Å²) in [5.41, 5.74) is 7.37. The molecular weight excluding hydrogens is 230 g/mol. The highest BCUT2D eigenvalue weighted by atomic mass is 32.1. The summed E-state index contributed by atoms with van der Waals surface area (Å²) in [7, 11) is 1.67. The molecule has 0 radical (unpaired) electrons. The molecule has 2 N–H and O–H groups in total. The van der Waals surface area contributed by atoms with Crippen molar-refractivity contribution in [3.05, 3.63) is 51.7 Å². The standard InChI is InChI=1S/C14H17NOS/c1-3-12-8-9-13(17-12)14(15)10-4-6-11(16-2)7-5-10/h4-9,14H,3,15H2,1-2H3. The van der Waals surface area contributed by atoms with Crippen LogP contribution < -0.4 is 10.5 Å². The topological polar surface area (TPSA) is 35.2 Å². The Morgan fingerprint density at radius 1 is 1.18 bits per heavy atom. The number of rotatable bonds is 4. The molecule has 0 spiro atoms. The van der Waals surface area contributed by atoms with Crippen LogP contribution >= 0.6 is 11.3 Å². The summed E-state index contributed by atoms with van der Waals surface area (Å²) in [5.74, 6) is 0.862. The third-order valence-corrected chi connectivity index (χ3v) is 4.13. The van der Waals surface area contributed by atoms with Crippen molar-refractivity contribution in [3.8, 4) is 5.75 Å². The van der Waals surface area contributed by atoms with E-state index in [-0.39, 0.29) is 6.04 Å². The minimum Gasteiger partial charge on any atom is -0.497 e. The minimum atomic E-state index is -0.0359. The molecule has 1 aromatic heterocycles. The summed E-state index contributed by atoms with van der Waals surface area (Å²) in [6.07, 6.45) is 1.07. The Kier molecular flexibility index (Phi) is 3.82. The molecule has 2 nitrogen and oxygen atoms in total. The normalized spacial score (nSPS) is 12.4. The zero-order valence-corrected chi connectivity index (χ0v) is 11.0. The molecule has 0 aliphatic heterocycles. The van der Waals surface area contributed by atoms with Gasteiger partial charge < -0.3 is 10.5 Å². The Hall–Kier alpha value is -1.32. The van der Waals surface area contributed by atoms with Gasteiger partial charge in [-0.2, -0.15) is 0 Å². The number of ether oxygens (including phenoxy) is 1. The summed E-state index contributed by atoms with van der Waals surface area (Å²) in [6, 6.07) is 12.2. The number of nitrogens with two attached hydrogens (primary N) is 1. The van der Waals surface area contributed by atoms with Crippen LogP contribution in [-0.4, -0.2) is 7.11 Å². The lowest BCUT2D eigenvalue weighted by Crippen LogP contribution is -2.09. The first-order valence-electron chi connectivity index (χ1n) is 5.72. The molecule has 1 unspecified atom stereocenters. The molecular formula is C14H17NOS. The van der Waals surface area contributed by atoms with Crippen molar-refractivity contribution in [1.82, 2.24) is 0 Å². The van der Waals surface area contributed by atoms with E-state index in [1.165, 1.54) is 9.75 Å². The third kappa shape index (κ3) is 2.68. The van der Waals surface area contributed by atoms with E-state index in [2.05, 4.69) is 19.1 Å². The molecule has 0 fully saturated rings. The van der Waals surface area contributed by atoms with Gasteiger partial charge in [0, 0.05) is 9.75 Å². The molecule has 2 aromatic rings. The van der Waals surface area contributed by atoms with E-state index in [0.717, 1.165) is 17.7 Å². The van der Waals surface area contributed by atoms with Crippen LogP contribution in [-0.2, 0) is 6.42 Å². The Balaban J connectivity index is 2.20. The maximum atomic E-state index is 6.25. The summed E-state index contributed by atoms with van der Waals surface area (Å²) >= 11 is 1.79. The summed E-state index contributed by atoms with van der Waals surface area (Å²) in [5, 5.41) is 0. The Labute approximate surface area is 106 Å². The minimum absolute atomic E-state index is 0.0359. The van der Waals surface area contributed by atoms with Crippen LogP contribution in [0.2, 0.25) is 0 Å². The lowest BCUT2D eigenvalue weighted by atomic mass is 10.1. The molecule has 90 valence electrons. The van der Waals surface area contributed by atoms with Crippen molar-refractivity contribution in [2.24, 2.45) is 5.73 Å². The molecule has 0 aliphatic carbocycles. The van der Waals surface area contributed by atoms with Crippen molar-refractivity contribution < 1.29 is 4.74 Å². The molecule has 0 saturated carbocycles. The average molecular weight is 247 g/mol. The Morgan fingerprint density at radius 2 is 1.88 bits per heavy atom. The van der Waals surface area contributed by atoms with E-state index in [1.807, 2.05) is 24.3 Å². The highest BCUT2D eigenvalue weighted by Gasteiger charge is 2.11. The highest BCUT2D eigenvalue weighted by Crippen LogP contribution is 2.27. The number of thiophene rings is 1. The number of aryl methyl sites for hydroxylation is 1. The molecule has 1 aromatic carbocycles. The smallest absolute Gasteiger partial charge is 0.118 e. The second kappa shape index (κ2) is 5.34. The van der Waals surface area contributed by atoms with E-state index in [9.17, 15) is 0 Å². The van der Waals surface area contributed by atoms with E-state index >= 15 is 0 Å². The monoisotopic (exact) mass is 247 g/mol. The van der Waals surface area contributed by atoms with Gasteiger partial charge in [-0.1, -0.05) is 19.1 Å². The summed E-state index contributed by atoms with van der Waals surface area (Å²) in [4.78, 5) is 2.59. The van der Waals surface area contributed by atoms with Gasteiger partial charge >= 0.3 is 0 Å². The molecule has 0 saturated heterocycles. The van der Waals surface area contributed by atoms with Gasteiger partial charge in [0.1, 0.15) is 5.75 Å². The van der Waals surface area contributed by atoms with E-state index < -0.39 is 0 Å². The van der Waals surface area contributed by atoms with E-state index in [0.29, 0.717) is 0 Å². The van der Waals surface area contributed by atoms with Crippen LogP contribution in [0.3, 0.4) is 0 Å². The Morgan fingerprint density at radius 3 is 2.41 bits per heavy atom. The fourth-order valence-corrected chi connectivity index (χ4v) is 2.71. The molecule has 0 bridgehead atoms. The van der Waals surface area contributed by atoms with Crippen molar-refractivity contribution >= 4 is 11.3 Å². The van der Waals surface area contributed by atoms with Crippen LogP contribution in [0.5, 0.6) is 5.75 Å². The fraction of sp³-hybridized carbons (Fsp3) is 0.286. The zero-order valence-electron chi connectivity index (χ0n) is 10.1. The largest absolute Gasteiger partial charge is 0.497 e. The predicted octanol–water partition coefficient (Wildman–Crippen LogP) is 3.37.